The van der Waals surface area contributed by atoms with Gasteiger partial charge in [-0.25, -0.2) is 0 Å². The van der Waals surface area contributed by atoms with E-state index in [1.165, 1.54) is 0 Å². The van der Waals surface area contributed by atoms with Crippen molar-refractivity contribution >= 4 is 23.1 Å². The second-order valence-corrected chi connectivity index (χ2v) is 2.66. The van der Waals surface area contributed by atoms with Gasteiger partial charge < -0.3 is 10.4 Å². The molecule has 0 spiro atoms. The summed E-state index contributed by atoms with van der Waals surface area (Å²) in [5.74, 6) is -1.01. The first-order valence-electron chi connectivity index (χ1n) is 3.93. The lowest BCUT2D eigenvalue weighted by molar-refractivity contribution is -0.134. The molecule has 0 aliphatic rings. The Bertz CT molecular complexity index is 557. The Kier molecular flexibility index (Phi) is 2.04. The number of carboxylic acid groups (broad SMARTS) is 1. The molecule has 0 aliphatic carbocycles. The van der Waals surface area contributed by atoms with Crippen molar-refractivity contribution in [3.63, 3.8) is 0 Å². The van der Waals surface area contributed by atoms with Gasteiger partial charge in [0.1, 0.15) is 6.54 Å². The van der Waals surface area contributed by atoms with E-state index in [0.29, 0.717) is 0 Å². The van der Waals surface area contributed by atoms with Gasteiger partial charge in [-0.1, -0.05) is 0 Å². The molecule has 78 valence electrons. The number of hydrogen-bond acceptors (Lipinski definition) is 6. The van der Waals surface area contributed by atoms with Crippen LogP contribution in [0.25, 0.3) is 11.2 Å². The Balaban J connectivity index is 2.36. The molecule has 15 heavy (non-hydrogen) atoms. The SMILES string of the molecule is O=C(O)CNc1nc2n[nH]nc2c(=O)[nH]1. The van der Waals surface area contributed by atoms with E-state index in [-0.39, 0.29) is 23.7 Å². The zero-order chi connectivity index (χ0) is 10.8. The zero-order valence-corrected chi connectivity index (χ0v) is 7.31. The minimum Gasteiger partial charge on any atom is -0.480 e. The fraction of sp³-hybridized carbons (Fsp3) is 0.167. The van der Waals surface area contributed by atoms with Gasteiger partial charge in [0.05, 0.1) is 0 Å². The summed E-state index contributed by atoms with van der Waals surface area (Å²) in [6.45, 7) is -0.341. The number of aliphatic carboxylic acids is 1. The van der Waals surface area contributed by atoms with Crippen LogP contribution in [-0.2, 0) is 4.79 Å². The molecule has 0 fully saturated rings. The molecule has 0 atom stereocenters. The molecule has 0 aromatic carbocycles. The summed E-state index contributed by atoms with van der Waals surface area (Å²) < 4.78 is 0. The molecule has 0 unspecified atom stereocenters. The van der Waals surface area contributed by atoms with Gasteiger partial charge in [-0.2, -0.15) is 10.2 Å². The van der Waals surface area contributed by atoms with E-state index >= 15 is 0 Å². The molecule has 4 N–H and O–H groups in total. The average molecular weight is 210 g/mol. The van der Waals surface area contributed by atoms with E-state index < -0.39 is 11.5 Å². The van der Waals surface area contributed by atoms with E-state index in [9.17, 15) is 9.59 Å². The maximum absolute atomic E-state index is 11.3. The van der Waals surface area contributed by atoms with Crippen LogP contribution < -0.4 is 10.9 Å². The number of nitrogens with one attached hydrogen (secondary N) is 3. The highest BCUT2D eigenvalue weighted by Gasteiger charge is 2.07. The third kappa shape index (κ3) is 1.75. The zero-order valence-electron chi connectivity index (χ0n) is 7.31. The third-order valence-electron chi connectivity index (χ3n) is 1.60. The number of rotatable bonds is 3. The van der Waals surface area contributed by atoms with Crippen molar-refractivity contribution in [2.75, 3.05) is 11.9 Å². The second kappa shape index (κ2) is 3.36. The van der Waals surface area contributed by atoms with Gasteiger partial charge in [-0.15, -0.1) is 10.2 Å². The van der Waals surface area contributed by atoms with Gasteiger partial charge in [0.2, 0.25) is 11.6 Å². The Morgan fingerprint density at radius 1 is 1.47 bits per heavy atom. The van der Waals surface area contributed by atoms with E-state index in [0.717, 1.165) is 0 Å². The number of aromatic nitrogens is 5. The number of carbonyl (C=O) groups is 1. The third-order valence-corrected chi connectivity index (χ3v) is 1.60. The van der Waals surface area contributed by atoms with Crippen LogP contribution in [0.2, 0.25) is 0 Å². The first-order valence-corrected chi connectivity index (χ1v) is 3.93. The van der Waals surface area contributed by atoms with Crippen molar-refractivity contribution in [2.24, 2.45) is 0 Å². The van der Waals surface area contributed by atoms with Gasteiger partial charge in [-0.3, -0.25) is 14.6 Å². The Morgan fingerprint density at radius 3 is 3.00 bits per heavy atom. The Morgan fingerprint density at radius 2 is 2.27 bits per heavy atom. The molecule has 0 radical (unpaired) electrons. The molecule has 2 aromatic rings. The number of fused-ring (bicyclic) bond motifs is 1. The second-order valence-electron chi connectivity index (χ2n) is 2.66. The lowest BCUT2D eigenvalue weighted by Crippen LogP contribution is -2.18. The van der Waals surface area contributed by atoms with Crippen LogP contribution in [0.4, 0.5) is 5.95 Å². The summed E-state index contributed by atoms with van der Waals surface area (Å²) in [6.07, 6.45) is 0. The quantitative estimate of drug-likeness (QED) is 0.485. The predicted molar refractivity (Wildman–Crippen MR) is 48.4 cm³/mol. The molecule has 0 bridgehead atoms. The largest absolute Gasteiger partial charge is 0.480 e. The van der Waals surface area contributed by atoms with Crippen molar-refractivity contribution in [1.82, 2.24) is 25.4 Å². The molecule has 9 heteroatoms. The number of nitrogens with zero attached hydrogens (tertiary/aromatic N) is 3. The van der Waals surface area contributed by atoms with Crippen LogP contribution in [0.5, 0.6) is 0 Å². The number of H-pyrrole nitrogens is 2. The first-order chi connectivity index (χ1) is 7.16. The molecule has 0 saturated heterocycles. The van der Waals surface area contributed by atoms with Crippen molar-refractivity contribution in [1.29, 1.82) is 0 Å². The predicted octanol–water partition coefficient (Wildman–Crippen LogP) is -1.46. The lowest BCUT2D eigenvalue weighted by atomic mass is 10.5. The Labute approximate surface area is 81.5 Å². The van der Waals surface area contributed by atoms with Crippen molar-refractivity contribution < 1.29 is 9.90 Å². The minimum absolute atomic E-state index is 0.0452. The van der Waals surface area contributed by atoms with Crippen LogP contribution in [0.15, 0.2) is 4.79 Å². The average Bonchev–Trinajstić information content (AvgIpc) is 2.63. The summed E-state index contributed by atoms with van der Waals surface area (Å²) in [5, 5.41) is 20.2. The maximum Gasteiger partial charge on any atom is 0.322 e. The van der Waals surface area contributed by atoms with Crippen molar-refractivity contribution in [3.05, 3.63) is 10.4 Å². The monoisotopic (exact) mass is 210 g/mol. The number of aromatic amines is 2. The van der Waals surface area contributed by atoms with Crippen LogP contribution in [0.3, 0.4) is 0 Å². The fourth-order valence-electron chi connectivity index (χ4n) is 0.999. The summed E-state index contributed by atoms with van der Waals surface area (Å²) in [6, 6.07) is 0. The van der Waals surface area contributed by atoms with Crippen LogP contribution in [0.1, 0.15) is 0 Å². The molecule has 0 aliphatic heterocycles. The maximum atomic E-state index is 11.3. The lowest BCUT2D eigenvalue weighted by Gasteiger charge is -1.99. The molecule has 2 aromatic heterocycles. The van der Waals surface area contributed by atoms with E-state index in [1.807, 2.05) is 0 Å². The summed E-state index contributed by atoms with van der Waals surface area (Å²) in [5.41, 5.74) is -0.274. The molecule has 2 rings (SSSR count). The van der Waals surface area contributed by atoms with Crippen LogP contribution >= 0.6 is 0 Å². The highest BCUT2D eigenvalue weighted by molar-refractivity contribution is 5.73. The van der Waals surface area contributed by atoms with Gasteiger partial charge >= 0.3 is 5.97 Å². The minimum atomic E-state index is -1.06. The Hall–Kier alpha value is -2.45. The summed E-state index contributed by atoms with van der Waals surface area (Å²) in [7, 11) is 0. The smallest absolute Gasteiger partial charge is 0.322 e. The fourth-order valence-corrected chi connectivity index (χ4v) is 0.999. The number of carboxylic acids is 1. The number of anilines is 1. The molecule has 0 amide bonds. The van der Waals surface area contributed by atoms with Gasteiger partial charge in [0, 0.05) is 0 Å². The van der Waals surface area contributed by atoms with Crippen LogP contribution in [0, 0.1) is 0 Å². The summed E-state index contributed by atoms with van der Waals surface area (Å²) in [4.78, 5) is 27.7. The van der Waals surface area contributed by atoms with Crippen molar-refractivity contribution in [3.8, 4) is 0 Å². The molecule has 0 saturated carbocycles. The number of hydrogen-bond donors (Lipinski definition) is 4. The van der Waals surface area contributed by atoms with E-state index in [4.69, 9.17) is 5.11 Å². The van der Waals surface area contributed by atoms with Crippen LogP contribution in [-0.4, -0.2) is 43.0 Å². The van der Waals surface area contributed by atoms with Gasteiger partial charge in [-0.05, 0) is 0 Å². The standard InChI is InChI=1S/C6H6N6O3/c13-2(14)1-7-6-8-4-3(5(15)9-6)10-12-11-4/h1H2,(H,13,14)(H3,7,8,9,10,11,12,15). The normalized spacial score (nSPS) is 10.4. The molecule has 9 nitrogen and oxygen atoms in total. The molecular formula is C6H6N6O3. The van der Waals surface area contributed by atoms with Gasteiger partial charge in [0.15, 0.2) is 5.52 Å². The molecular weight excluding hydrogens is 204 g/mol. The van der Waals surface area contributed by atoms with Gasteiger partial charge in [0.25, 0.3) is 5.56 Å². The summed E-state index contributed by atoms with van der Waals surface area (Å²) >= 11 is 0. The topological polar surface area (TPSA) is 137 Å². The van der Waals surface area contributed by atoms with E-state index in [2.05, 4.69) is 30.7 Å². The molecule has 2 heterocycles. The first kappa shape index (κ1) is 9.12. The van der Waals surface area contributed by atoms with E-state index in [1.54, 1.807) is 0 Å². The highest BCUT2D eigenvalue weighted by atomic mass is 16.4. The van der Waals surface area contributed by atoms with Crippen molar-refractivity contribution in [2.45, 2.75) is 0 Å². The highest BCUT2D eigenvalue weighted by Crippen LogP contribution is 2.00.